The van der Waals surface area contributed by atoms with E-state index in [9.17, 15) is 4.39 Å². The largest absolute Gasteiger partial charge is 0.494 e. The summed E-state index contributed by atoms with van der Waals surface area (Å²) in [5, 5.41) is 4.09. The summed E-state index contributed by atoms with van der Waals surface area (Å²) in [5.41, 5.74) is 5.51. The lowest BCUT2D eigenvalue weighted by molar-refractivity contribution is 0.301. The first-order valence-corrected chi connectivity index (χ1v) is 5.91. The van der Waals surface area contributed by atoms with Crippen LogP contribution in [0.1, 0.15) is 12.8 Å². The Hall–Kier alpha value is -2.04. The molecular formula is C13H16FN3O. The molecular weight excluding hydrogens is 233 g/mol. The van der Waals surface area contributed by atoms with Crippen molar-refractivity contribution in [2.45, 2.75) is 19.4 Å². The maximum atomic E-state index is 12.6. The van der Waals surface area contributed by atoms with Crippen molar-refractivity contribution in [1.82, 2.24) is 9.78 Å². The number of rotatable bonds is 6. The Morgan fingerprint density at radius 2 is 1.94 bits per heavy atom. The molecule has 5 heteroatoms. The molecule has 2 N–H and O–H groups in total. The first-order valence-electron chi connectivity index (χ1n) is 5.91. The Morgan fingerprint density at radius 3 is 2.61 bits per heavy atom. The molecule has 0 radical (unpaired) electrons. The second-order valence-electron chi connectivity index (χ2n) is 4.01. The normalized spacial score (nSPS) is 10.5. The van der Waals surface area contributed by atoms with Crippen LogP contribution in [0.3, 0.4) is 0 Å². The highest BCUT2D eigenvalue weighted by Crippen LogP contribution is 2.11. The summed E-state index contributed by atoms with van der Waals surface area (Å²) < 4.78 is 19.9. The van der Waals surface area contributed by atoms with Gasteiger partial charge < -0.3 is 10.5 Å². The van der Waals surface area contributed by atoms with Crippen LogP contribution in [0.15, 0.2) is 36.5 Å². The van der Waals surface area contributed by atoms with E-state index in [1.165, 1.54) is 12.1 Å². The number of unbranched alkanes of at least 4 members (excludes halogenated alkanes) is 1. The summed E-state index contributed by atoms with van der Waals surface area (Å²) in [6, 6.07) is 7.81. The summed E-state index contributed by atoms with van der Waals surface area (Å²) in [4.78, 5) is 0. The van der Waals surface area contributed by atoms with Crippen LogP contribution in [-0.4, -0.2) is 16.4 Å². The Morgan fingerprint density at radius 1 is 1.17 bits per heavy atom. The van der Waals surface area contributed by atoms with E-state index in [1.807, 2.05) is 10.9 Å². The summed E-state index contributed by atoms with van der Waals surface area (Å²) in [7, 11) is 0. The number of hydrogen-bond acceptors (Lipinski definition) is 3. The molecule has 4 nitrogen and oxygen atoms in total. The van der Waals surface area contributed by atoms with Crippen LogP contribution in [0, 0.1) is 5.82 Å². The standard InChI is InChI=1S/C13H16FN3O/c14-11-3-5-12(6-4-11)18-10-2-1-8-17-9-7-13(15)16-17/h3-7,9H,1-2,8,10H2,(H2,15,16). The van der Waals surface area contributed by atoms with Gasteiger partial charge in [0.05, 0.1) is 6.61 Å². The fourth-order valence-electron chi connectivity index (χ4n) is 1.60. The third-order valence-electron chi connectivity index (χ3n) is 2.53. The number of nitrogens with two attached hydrogens (primary N) is 1. The first-order chi connectivity index (χ1) is 8.74. The quantitative estimate of drug-likeness (QED) is 0.800. The van der Waals surface area contributed by atoms with Crippen molar-refractivity contribution in [3.8, 4) is 5.75 Å². The summed E-state index contributed by atoms with van der Waals surface area (Å²) in [6.07, 6.45) is 3.73. The molecule has 0 unspecified atom stereocenters. The highest BCUT2D eigenvalue weighted by molar-refractivity contribution is 5.23. The van der Waals surface area contributed by atoms with Crippen molar-refractivity contribution in [2.24, 2.45) is 0 Å². The SMILES string of the molecule is Nc1ccn(CCCCOc2ccc(F)cc2)n1. The maximum absolute atomic E-state index is 12.6. The van der Waals surface area contributed by atoms with E-state index in [-0.39, 0.29) is 5.82 Å². The van der Waals surface area contributed by atoms with Gasteiger partial charge in [0.25, 0.3) is 0 Å². The third-order valence-corrected chi connectivity index (χ3v) is 2.53. The fourth-order valence-corrected chi connectivity index (χ4v) is 1.60. The Labute approximate surface area is 105 Å². The molecule has 0 amide bonds. The van der Waals surface area contributed by atoms with Crippen LogP contribution in [0.5, 0.6) is 5.75 Å². The van der Waals surface area contributed by atoms with Gasteiger partial charge in [0.15, 0.2) is 0 Å². The monoisotopic (exact) mass is 249 g/mol. The van der Waals surface area contributed by atoms with Crippen molar-refractivity contribution in [1.29, 1.82) is 0 Å². The highest BCUT2D eigenvalue weighted by Gasteiger charge is 1.97. The van der Waals surface area contributed by atoms with Gasteiger partial charge in [-0.1, -0.05) is 0 Å². The zero-order chi connectivity index (χ0) is 12.8. The summed E-state index contributed by atoms with van der Waals surface area (Å²) in [5.74, 6) is 0.982. The summed E-state index contributed by atoms with van der Waals surface area (Å²) in [6.45, 7) is 1.44. The van der Waals surface area contributed by atoms with Gasteiger partial charge in [0, 0.05) is 12.7 Å². The molecule has 0 atom stereocenters. The van der Waals surface area contributed by atoms with Crippen LogP contribution < -0.4 is 10.5 Å². The van der Waals surface area contributed by atoms with Crippen LogP contribution in [0.4, 0.5) is 10.2 Å². The molecule has 0 saturated carbocycles. The number of ether oxygens (including phenoxy) is 1. The minimum absolute atomic E-state index is 0.251. The van der Waals surface area contributed by atoms with E-state index in [2.05, 4.69) is 5.10 Å². The Balaban J connectivity index is 1.63. The molecule has 18 heavy (non-hydrogen) atoms. The van der Waals surface area contributed by atoms with E-state index in [0.717, 1.165) is 19.4 Å². The molecule has 0 bridgehead atoms. The van der Waals surface area contributed by atoms with Crippen LogP contribution in [0.2, 0.25) is 0 Å². The minimum atomic E-state index is -0.251. The molecule has 0 fully saturated rings. The molecule has 0 aliphatic heterocycles. The van der Waals surface area contributed by atoms with Gasteiger partial charge in [-0.25, -0.2) is 4.39 Å². The summed E-state index contributed by atoms with van der Waals surface area (Å²) >= 11 is 0. The number of aryl methyl sites for hydroxylation is 1. The van der Waals surface area contributed by atoms with Gasteiger partial charge in [-0.15, -0.1) is 0 Å². The number of nitrogen functional groups attached to an aromatic ring is 1. The van der Waals surface area contributed by atoms with Crippen molar-refractivity contribution < 1.29 is 9.13 Å². The van der Waals surface area contributed by atoms with Gasteiger partial charge in [0.1, 0.15) is 17.4 Å². The Bertz CT molecular complexity index is 481. The van der Waals surface area contributed by atoms with Crippen molar-refractivity contribution in [3.05, 3.63) is 42.3 Å². The lowest BCUT2D eigenvalue weighted by atomic mass is 10.3. The van der Waals surface area contributed by atoms with E-state index < -0.39 is 0 Å². The van der Waals surface area contributed by atoms with Crippen LogP contribution in [0.25, 0.3) is 0 Å². The van der Waals surface area contributed by atoms with Gasteiger partial charge in [-0.3, -0.25) is 4.68 Å². The first kappa shape index (κ1) is 12.4. The molecule has 1 aromatic heterocycles. The molecule has 0 aliphatic carbocycles. The van der Waals surface area contributed by atoms with E-state index in [1.54, 1.807) is 18.2 Å². The second-order valence-corrected chi connectivity index (χ2v) is 4.01. The number of hydrogen-bond donors (Lipinski definition) is 1. The van der Waals surface area contributed by atoms with Gasteiger partial charge in [-0.05, 0) is 43.2 Å². The van der Waals surface area contributed by atoms with Gasteiger partial charge in [0.2, 0.25) is 0 Å². The topological polar surface area (TPSA) is 53.1 Å². The molecule has 2 rings (SSSR count). The van der Waals surface area contributed by atoms with Crippen molar-refractivity contribution >= 4 is 5.82 Å². The third kappa shape index (κ3) is 3.76. The lowest BCUT2D eigenvalue weighted by Gasteiger charge is -2.06. The lowest BCUT2D eigenvalue weighted by Crippen LogP contribution is -2.03. The molecule has 2 aromatic rings. The Kier molecular flexibility index (Phi) is 4.17. The predicted octanol–water partition coefficient (Wildman–Crippen LogP) is 2.46. The smallest absolute Gasteiger partial charge is 0.145 e. The maximum Gasteiger partial charge on any atom is 0.145 e. The number of nitrogens with zero attached hydrogens (tertiary/aromatic N) is 2. The van der Waals surface area contributed by atoms with Crippen LogP contribution in [-0.2, 0) is 6.54 Å². The van der Waals surface area contributed by atoms with Crippen LogP contribution >= 0.6 is 0 Å². The molecule has 1 aromatic carbocycles. The van der Waals surface area contributed by atoms with Gasteiger partial charge in [-0.2, -0.15) is 5.10 Å². The molecule has 1 heterocycles. The predicted molar refractivity (Wildman–Crippen MR) is 67.8 cm³/mol. The van der Waals surface area contributed by atoms with Crippen molar-refractivity contribution in [3.63, 3.8) is 0 Å². The number of aromatic nitrogens is 2. The molecule has 0 aliphatic rings. The zero-order valence-corrected chi connectivity index (χ0v) is 10.1. The minimum Gasteiger partial charge on any atom is -0.494 e. The molecule has 0 spiro atoms. The van der Waals surface area contributed by atoms with Crippen molar-refractivity contribution in [2.75, 3.05) is 12.3 Å². The van der Waals surface area contributed by atoms with E-state index in [4.69, 9.17) is 10.5 Å². The van der Waals surface area contributed by atoms with E-state index in [0.29, 0.717) is 18.2 Å². The number of anilines is 1. The average molecular weight is 249 g/mol. The molecule has 0 saturated heterocycles. The highest BCUT2D eigenvalue weighted by atomic mass is 19.1. The molecule has 96 valence electrons. The number of halogens is 1. The van der Waals surface area contributed by atoms with Gasteiger partial charge >= 0.3 is 0 Å². The van der Waals surface area contributed by atoms with E-state index >= 15 is 0 Å². The second kappa shape index (κ2) is 6.05. The average Bonchev–Trinajstić information content (AvgIpc) is 2.77. The number of benzene rings is 1. The zero-order valence-electron chi connectivity index (χ0n) is 10.1. The fraction of sp³-hybridized carbons (Fsp3) is 0.308.